The van der Waals surface area contributed by atoms with E-state index >= 15 is 0 Å². The predicted molar refractivity (Wildman–Crippen MR) is 159 cm³/mol. The lowest BCUT2D eigenvalue weighted by atomic mass is 10.1. The van der Waals surface area contributed by atoms with Crippen LogP contribution in [0.5, 0.6) is 0 Å². The maximum atomic E-state index is 13.2. The lowest BCUT2D eigenvalue weighted by molar-refractivity contribution is 0.102. The number of aryl methyl sites for hydroxylation is 5. The number of sulfonamides is 2. The zero-order valence-corrected chi connectivity index (χ0v) is 24.5. The molecule has 4 aromatic rings. The molecule has 0 saturated heterocycles. The first-order valence-corrected chi connectivity index (χ1v) is 15.4. The molecule has 0 bridgehead atoms. The Balaban J connectivity index is 1.51. The third kappa shape index (κ3) is 6.52. The topological polar surface area (TPSA) is 121 Å². The first-order chi connectivity index (χ1) is 18.7. The molecular weight excluding hydrogens is 546 g/mol. The van der Waals surface area contributed by atoms with Crippen molar-refractivity contribution >= 4 is 43.0 Å². The van der Waals surface area contributed by atoms with Gasteiger partial charge < -0.3 is 5.32 Å². The highest BCUT2D eigenvalue weighted by Gasteiger charge is 2.21. The Morgan fingerprint density at radius 1 is 0.575 bits per heavy atom. The fourth-order valence-corrected chi connectivity index (χ4v) is 6.74. The highest BCUT2D eigenvalue weighted by molar-refractivity contribution is 7.93. The highest BCUT2D eigenvalue weighted by Crippen LogP contribution is 2.25. The number of carbonyl (C=O) groups is 1. The van der Waals surface area contributed by atoms with Crippen LogP contribution >= 0.6 is 0 Å². The van der Waals surface area contributed by atoms with Gasteiger partial charge in [0.1, 0.15) is 0 Å². The average molecular weight is 578 g/mol. The molecule has 0 fully saturated rings. The molecule has 8 nitrogen and oxygen atoms in total. The summed E-state index contributed by atoms with van der Waals surface area (Å²) < 4.78 is 57.3. The zero-order valence-electron chi connectivity index (χ0n) is 22.9. The lowest BCUT2D eigenvalue weighted by Crippen LogP contribution is -2.18. The van der Waals surface area contributed by atoms with Gasteiger partial charge in [0.25, 0.3) is 26.0 Å². The van der Waals surface area contributed by atoms with Gasteiger partial charge in [0.15, 0.2) is 0 Å². The maximum absolute atomic E-state index is 13.2. The van der Waals surface area contributed by atoms with Crippen molar-refractivity contribution in [2.75, 3.05) is 14.8 Å². The van der Waals surface area contributed by atoms with E-state index in [1.807, 2.05) is 52.0 Å². The quantitative estimate of drug-likeness (QED) is 0.234. The van der Waals surface area contributed by atoms with E-state index in [2.05, 4.69) is 14.8 Å². The molecule has 4 rings (SSSR count). The smallest absolute Gasteiger partial charge is 0.262 e. The van der Waals surface area contributed by atoms with Crippen molar-refractivity contribution < 1.29 is 21.6 Å². The van der Waals surface area contributed by atoms with Gasteiger partial charge in [-0.3, -0.25) is 14.2 Å². The van der Waals surface area contributed by atoms with Crippen LogP contribution < -0.4 is 14.8 Å². The number of nitrogens with one attached hydrogen (secondary N) is 3. The van der Waals surface area contributed by atoms with E-state index in [1.165, 1.54) is 36.4 Å². The number of hydrogen-bond donors (Lipinski definition) is 3. The fourth-order valence-electron chi connectivity index (χ4n) is 4.21. The van der Waals surface area contributed by atoms with Gasteiger partial charge in [-0.25, -0.2) is 16.8 Å². The molecule has 40 heavy (non-hydrogen) atoms. The number of benzene rings is 4. The van der Waals surface area contributed by atoms with E-state index in [1.54, 1.807) is 25.1 Å². The Morgan fingerprint density at radius 3 is 1.62 bits per heavy atom. The van der Waals surface area contributed by atoms with E-state index in [-0.39, 0.29) is 15.4 Å². The second kappa shape index (κ2) is 11.1. The molecule has 0 unspecified atom stereocenters. The summed E-state index contributed by atoms with van der Waals surface area (Å²) in [5.41, 5.74) is 5.55. The average Bonchev–Trinajstić information content (AvgIpc) is 2.88. The molecule has 0 aliphatic carbocycles. The third-order valence-corrected chi connectivity index (χ3v) is 9.30. The van der Waals surface area contributed by atoms with Crippen molar-refractivity contribution in [2.45, 2.75) is 44.4 Å². The highest BCUT2D eigenvalue weighted by atomic mass is 32.2. The molecular formula is C30H31N3O5S2. The van der Waals surface area contributed by atoms with Gasteiger partial charge in [-0.05, 0) is 99.8 Å². The first kappa shape index (κ1) is 28.8. The number of anilines is 3. The predicted octanol–water partition coefficient (Wildman–Crippen LogP) is 6.08. The minimum atomic E-state index is -3.97. The van der Waals surface area contributed by atoms with Gasteiger partial charge in [0, 0.05) is 11.3 Å². The number of carbonyl (C=O) groups excluding carboxylic acids is 1. The minimum absolute atomic E-state index is 0.0148. The van der Waals surface area contributed by atoms with Gasteiger partial charge in [0.2, 0.25) is 0 Å². The first-order valence-electron chi connectivity index (χ1n) is 12.5. The van der Waals surface area contributed by atoms with E-state index in [0.717, 1.165) is 22.3 Å². The maximum Gasteiger partial charge on any atom is 0.262 e. The summed E-state index contributed by atoms with van der Waals surface area (Å²) in [7, 11) is -7.81. The van der Waals surface area contributed by atoms with Crippen LogP contribution in [0.2, 0.25) is 0 Å². The summed E-state index contributed by atoms with van der Waals surface area (Å²) in [6.07, 6.45) is 0. The second-order valence-corrected chi connectivity index (χ2v) is 13.1. The summed E-state index contributed by atoms with van der Waals surface area (Å²) in [4.78, 5) is 13.0. The Labute approximate surface area is 235 Å². The summed E-state index contributed by atoms with van der Waals surface area (Å²) in [6, 6.07) is 21.0. The SMILES string of the molecule is Cc1ccc(NS(=O)(=O)c2ccc(NC(=O)c3ccc(C)c(S(=O)(=O)Nc4ccc(C)cc4C)c3)cc2)c(C)c1. The van der Waals surface area contributed by atoms with Gasteiger partial charge in [-0.2, -0.15) is 0 Å². The van der Waals surface area contributed by atoms with Crippen LogP contribution in [0.15, 0.2) is 88.7 Å². The fraction of sp³-hybridized carbons (Fsp3) is 0.167. The summed E-state index contributed by atoms with van der Waals surface area (Å²) >= 11 is 0. The van der Waals surface area contributed by atoms with E-state index < -0.39 is 26.0 Å². The molecule has 3 N–H and O–H groups in total. The van der Waals surface area contributed by atoms with Gasteiger partial charge >= 0.3 is 0 Å². The summed E-state index contributed by atoms with van der Waals surface area (Å²) in [5, 5.41) is 2.70. The third-order valence-electron chi connectivity index (χ3n) is 6.41. The zero-order chi connectivity index (χ0) is 29.2. The van der Waals surface area contributed by atoms with Crippen molar-refractivity contribution in [3.8, 4) is 0 Å². The lowest BCUT2D eigenvalue weighted by Gasteiger charge is -2.14. The molecule has 0 heterocycles. The molecule has 0 aliphatic heterocycles. The number of rotatable bonds is 8. The molecule has 0 radical (unpaired) electrons. The Morgan fingerprint density at radius 2 is 1.10 bits per heavy atom. The second-order valence-electron chi connectivity index (χ2n) is 9.81. The molecule has 1 amide bonds. The van der Waals surface area contributed by atoms with Crippen LogP contribution in [-0.4, -0.2) is 22.7 Å². The molecule has 208 valence electrons. The van der Waals surface area contributed by atoms with Crippen LogP contribution in [0, 0.1) is 34.6 Å². The Hall–Kier alpha value is -4.15. The van der Waals surface area contributed by atoms with Crippen LogP contribution in [-0.2, 0) is 20.0 Å². The molecule has 0 atom stereocenters. The van der Waals surface area contributed by atoms with Crippen molar-refractivity contribution in [3.63, 3.8) is 0 Å². The number of hydrogen-bond acceptors (Lipinski definition) is 5. The minimum Gasteiger partial charge on any atom is -0.322 e. The monoisotopic (exact) mass is 577 g/mol. The van der Waals surface area contributed by atoms with Crippen LogP contribution in [0.25, 0.3) is 0 Å². The van der Waals surface area contributed by atoms with Crippen LogP contribution in [0.4, 0.5) is 17.1 Å². The standard InChI is InChI=1S/C30H31N3O5S2/c1-19-6-14-27(22(4)16-19)32-39(35,36)26-12-10-25(11-13-26)31-30(34)24-9-8-21(3)29(18-24)40(37,38)33-28-15-7-20(2)17-23(28)5/h6-18,32-33H,1-5H3,(H,31,34). The molecule has 0 spiro atoms. The normalized spacial score (nSPS) is 11.6. The van der Waals surface area contributed by atoms with E-state index in [0.29, 0.717) is 22.6 Å². The van der Waals surface area contributed by atoms with Gasteiger partial charge in [0.05, 0.1) is 21.2 Å². The molecule has 0 aromatic heterocycles. The summed E-state index contributed by atoms with van der Waals surface area (Å²) in [5.74, 6) is -0.535. The van der Waals surface area contributed by atoms with Crippen molar-refractivity contribution in [1.29, 1.82) is 0 Å². The van der Waals surface area contributed by atoms with Crippen LogP contribution in [0.3, 0.4) is 0 Å². The van der Waals surface area contributed by atoms with Crippen molar-refractivity contribution in [2.24, 2.45) is 0 Å². The molecule has 0 saturated carbocycles. The molecule has 10 heteroatoms. The largest absolute Gasteiger partial charge is 0.322 e. The molecule has 0 aliphatic rings. The number of amides is 1. The van der Waals surface area contributed by atoms with Crippen molar-refractivity contribution in [1.82, 2.24) is 0 Å². The van der Waals surface area contributed by atoms with Crippen LogP contribution in [0.1, 0.15) is 38.2 Å². The summed E-state index contributed by atoms with van der Waals surface area (Å²) in [6.45, 7) is 9.15. The van der Waals surface area contributed by atoms with Crippen molar-refractivity contribution in [3.05, 3.63) is 112 Å². The van der Waals surface area contributed by atoms with E-state index in [4.69, 9.17) is 0 Å². The van der Waals surface area contributed by atoms with Gasteiger partial charge in [-0.1, -0.05) is 41.5 Å². The molecule has 4 aromatic carbocycles. The Kier molecular flexibility index (Phi) is 8.04. The van der Waals surface area contributed by atoms with E-state index in [9.17, 15) is 21.6 Å². The van der Waals surface area contributed by atoms with Gasteiger partial charge in [-0.15, -0.1) is 0 Å². The Bertz CT molecular complexity index is 1820.